The summed E-state index contributed by atoms with van der Waals surface area (Å²) in [6.45, 7) is 1.69. The van der Waals surface area contributed by atoms with Gasteiger partial charge in [-0.05, 0) is 50.0 Å². The Balaban J connectivity index is 1.36. The molecule has 0 aromatic heterocycles. The van der Waals surface area contributed by atoms with Gasteiger partial charge in [0.05, 0.1) is 5.71 Å². The average Bonchev–Trinajstić information content (AvgIpc) is 3.25. The molecule has 1 aromatic rings. The number of likely N-dealkylation sites (tertiary alicyclic amines) is 1. The van der Waals surface area contributed by atoms with Gasteiger partial charge in [0.2, 0.25) is 5.91 Å². The number of piperidine rings is 1. The number of benzene rings is 1. The molecule has 0 radical (unpaired) electrons. The van der Waals surface area contributed by atoms with Crippen LogP contribution in [0.1, 0.15) is 56.9 Å². The third-order valence-electron chi connectivity index (χ3n) is 6.29. The summed E-state index contributed by atoms with van der Waals surface area (Å²) in [6.07, 6.45) is 8.76. The van der Waals surface area contributed by atoms with Crippen LogP contribution in [0.3, 0.4) is 0 Å². The molecular weight excluding hydrogens is 372 g/mol. The van der Waals surface area contributed by atoms with Crippen LogP contribution in [-0.2, 0) is 9.63 Å². The van der Waals surface area contributed by atoms with E-state index in [0.29, 0.717) is 17.6 Å². The fraction of sp³-hybridized carbons (Fsp3) is 0.591. The van der Waals surface area contributed by atoms with E-state index < -0.39 is 0 Å². The SMILES string of the molecule is O=C(C1CCCCC1)N1CCCC(C2CC(c3cccc(OC=S)c3)=NO2)C1. The maximum Gasteiger partial charge on any atom is 0.225 e. The lowest BCUT2D eigenvalue weighted by Crippen LogP contribution is -2.46. The molecule has 1 saturated carbocycles. The molecule has 28 heavy (non-hydrogen) atoms. The van der Waals surface area contributed by atoms with E-state index in [1.54, 1.807) is 0 Å². The van der Waals surface area contributed by atoms with Crippen molar-refractivity contribution in [1.82, 2.24) is 4.90 Å². The van der Waals surface area contributed by atoms with Gasteiger partial charge < -0.3 is 14.5 Å². The van der Waals surface area contributed by atoms with Crippen LogP contribution < -0.4 is 4.74 Å². The number of ether oxygens (including phenoxy) is 1. The summed E-state index contributed by atoms with van der Waals surface area (Å²) in [7, 11) is 0. The summed E-state index contributed by atoms with van der Waals surface area (Å²) in [5.74, 6) is 1.67. The molecule has 2 heterocycles. The topological polar surface area (TPSA) is 51.1 Å². The molecule has 0 bridgehead atoms. The van der Waals surface area contributed by atoms with Crippen LogP contribution in [0.5, 0.6) is 5.75 Å². The van der Waals surface area contributed by atoms with Gasteiger partial charge in [-0.25, -0.2) is 0 Å². The van der Waals surface area contributed by atoms with Gasteiger partial charge in [0.1, 0.15) is 11.9 Å². The van der Waals surface area contributed by atoms with Gasteiger partial charge in [-0.15, -0.1) is 0 Å². The number of carbonyl (C=O) groups excluding carboxylic acids is 1. The van der Waals surface area contributed by atoms with Crippen LogP contribution in [0.15, 0.2) is 29.4 Å². The monoisotopic (exact) mass is 400 g/mol. The zero-order chi connectivity index (χ0) is 19.3. The Morgan fingerprint density at radius 2 is 2.07 bits per heavy atom. The number of thiocarbonyl (C=S) groups is 1. The Kier molecular flexibility index (Phi) is 6.25. The van der Waals surface area contributed by atoms with Crippen molar-refractivity contribution in [2.45, 2.75) is 57.5 Å². The fourth-order valence-corrected chi connectivity index (χ4v) is 4.86. The van der Waals surface area contributed by atoms with E-state index in [0.717, 1.165) is 56.5 Å². The molecule has 1 aromatic carbocycles. The first-order valence-electron chi connectivity index (χ1n) is 10.5. The number of amides is 1. The van der Waals surface area contributed by atoms with Gasteiger partial charge >= 0.3 is 0 Å². The first-order chi connectivity index (χ1) is 13.7. The van der Waals surface area contributed by atoms with Gasteiger partial charge in [-0.1, -0.05) is 36.6 Å². The molecule has 5 nitrogen and oxygen atoms in total. The van der Waals surface area contributed by atoms with Gasteiger partial charge in [-0.2, -0.15) is 0 Å². The van der Waals surface area contributed by atoms with Crippen molar-refractivity contribution in [3.8, 4) is 5.75 Å². The van der Waals surface area contributed by atoms with Crippen molar-refractivity contribution in [3.63, 3.8) is 0 Å². The van der Waals surface area contributed by atoms with Crippen LogP contribution in [-0.4, -0.2) is 41.3 Å². The number of hydrogen-bond acceptors (Lipinski definition) is 5. The zero-order valence-electron chi connectivity index (χ0n) is 16.2. The predicted octanol–water partition coefficient (Wildman–Crippen LogP) is 4.33. The molecule has 0 spiro atoms. The maximum absolute atomic E-state index is 12.9. The highest BCUT2D eigenvalue weighted by atomic mass is 32.1. The molecule has 2 aliphatic heterocycles. The van der Waals surface area contributed by atoms with E-state index in [9.17, 15) is 4.79 Å². The van der Waals surface area contributed by atoms with Crippen LogP contribution in [0, 0.1) is 11.8 Å². The summed E-state index contributed by atoms with van der Waals surface area (Å²) in [5, 5.41) is 4.34. The number of oxime groups is 1. The summed E-state index contributed by atoms with van der Waals surface area (Å²) >= 11 is 4.76. The minimum Gasteiger partial charge on any atom is -0.454 e. The number of hydrogen-bond donors (Lipinski definition) is 0. The Bertz CT molecular complexity index is 745. The van der Waals surface area contributed by atoms with Crippen molar-refractivity contribution in [3.05, 3.63) is 29.8 Å². The number of rotatable bonds is 5. The minimum absolute atomic E-state index is 0.0482. The Labute approximate surface area is 172 Å². The smallest absolute Gasteiger partial charge is 0.225 e. The highest BCUT2D eigenvalue weighted by molar-refractivity contribution is 7.78. The highest BCUT2D eigenvalue weighted by Crippen LogP contribution is 2.32. The quantitative estimate of drug-likeness (QED) is 0.690. The summed E-state index contributed by atoms with van der Waals surface area (Å²) in [5.41, 5.74) is 3.20. The first kappa shape index (κ1) is 19.4. The number of carbonyl (C=O) groups is 1. The molecule has 4 rings (SSSR count). The zero-order valence-corrected chi connectivity index (χ0v) is 17.0. The summed E-state index contributed by atoms with van der Waals surface area (Å²) < 4.78 is 5.30. The van der Waals surface area contributed by atoms with Crippen molar-refractivity contribution >= 4 is 29.4 Å². The normalized spacial score (nSPS) is 25.7. The second-order valence-electron chi connectivity index (χ2n) is 8.15. The molecule has 1 amide bonds. The molecule has 3 aliphatic rings. The van der Waals surface area contributed by atoms with Crippen molar-refractivity contribution in [1.29, 1.82) is 0 Å². The van der Waals surface area contributed by atoms with Crippen molar-refractivity contribution < 1.29 is 14.4 Å². The molecule has 1 aliphatic carbocycles. The molecule has 2 unspecified atom stereocenters. The first-order valence-corrected chi connectivity index (χ1v) is 10.9. The van der Waals surface area contributed by atoms with E-state index in [4.69, 9.17) is 21.8 Å². The van der Waals surface area contributed by atoms with Crippen LogP contribution in [0.2, 0.25) is 0 Å². The van der Waals surface area contributed by atoms with Gasteiger partial charge in [0.15, 0.2) is 5.55 Å². The van der Waals surface area contributed by atoms with Crippen LogP contribution >= 0.6 is 12.2 Å². The van der Waals surface area contributed by atoms with Gasteiger partial charge in [-0.3, -0.25) is 4.79 Å². The Morgan fingerprint density at radius 3 is 2.89 bits per heavy atom. The largest absolute Gasteiger partial charge is 0.454 e. The summed E-state index contributed by atoms with van der Waals surface area (Å²) in [4.78, 5) is 20.8. The minimum atomic E-state index is 0.0482. The average molecular weight is 401 g/mol. The molecular formula is C22H28N2O3S. The lowest BCUT2D eigenvalue weighted by Gasteiger charge is -2.37. The van der Waals surface area contributed by atoms with E-state index in [1.807, 2.05) is 24.3 Å². The van der Waals surface area contributed by atoms with Crippen molar-refractivity contribution in [2.75, 3.05) is 13.1 Å². The van der Waals surface area contributed by atoms with Gasteiger partial charge in [0, 0.05) is 36.9 Å². The third kappa shape index (κ3) is 4.37. The molecule has 2 atom stereocenters. The molecule has 0 N–H and O–H groups in total. The van der Waals surface area contributed by atoms with Crippen molar-refractivity contribution in [2.24, 2.45) is 17.0 Å². The second kappa shape index (κ2) is 9.03. The van der Waals surface area contributed by atoms with E-state index in [2.05, 4.69) is 10.1 Å². The van der Waals surface area contributed by atoms with Crippen LogP contribution in [0.4, 0.5) is 0 Å². The predicted molar refractivity (Wildman–Crippen MR) is 113 cm³/mol. The fourth-order valence-electron chi connectivity index (χ4n) is 4.75. The molecule has 150 valence electrons. The molecule has 2 fully saturated rings. The van der Waals surface area contributed by atoms with E-state index >= 15 is 0 Å². The molecule has 6 heteroatoms. The Morgan fingerprint density at radius 1 is 1.21 bits per heavy atom. The van der Waals surface area contributed by atoms with Gasteiger partial charge in [0.25, 0.3) is 0 Å². The summed E-state index contributed by atoms with van der Waals surface area (Å²) in [6, 6.07) is 7.76. The Hall–Kier alpha value is -1.95. The maximum atomic E-state index is 12.9. The standard InChI is InChI=1S/C22H28N2O3S/c25-22(16-6-2-1-3-7-16)24-11-5-9-18(14-24)21-13-20(23-27-21)17-8-4-10-19(12-17)26-15-28/h4,8,10,12,15-16,18,21H,1-3,5-7,9,11,13-14H2. The third-order valence-corrected chi connectivity index (χ3v) is 6.39. The molecule has 1 saturated heterocycles. The highest BCUT2D eigenvalue weighted by Gasteiger charge is 2.36. The van der Waals surface area contributed by atoms with E-state index in [-0.39, 0.29) is 12.0 Å². The van der Waals surface area contributed by atoms with Crippen LogP contribution in [0.25, 0.3) is 0 Å². The lowest BCUT2D eigenvalue weighted by molar-refractivity contribution is -0.139. The second-order valence-corrected chi connectivity index (χ2v) is 8.34. The lowest BCUT2D eigenvalue weighted by atomic mass is 9.85. The number of nitrogens with zero attached hydrogens (tertiary/aromatic N) is 2. The van der Waals surface area contributed by atoms with E-state index in [1.165, 1.54) is 24.8 Å².